The van der Waals surface area contributed by atoms with Gasteiger partial charge in [0.25, 0.3) is 0 Å². The number of ketones is 1. The van der Waals surface area contributed by atoms with Crippen molar-refractivity contribution < 1.29 is 27.1 Å². The van der Waals surface area contributed by atoms with Crippen LogP contribution in [0, 0.1) is 11.6 Å². The molecule has 0 radical (unpaired) electrons. The van der Waals surface area contributed by atoms with Crippen LogP contribution in [0.15, 0.2) is 42.5 Å². The number of Topliss-reactive ketones (excluding diaryl/α,β-unsaturated/α-hetero) is 1. The summed E-state index contributed by atoms with van der Waals surface area (Å²) in [6.07, 6.45) is -0.171. The first kappa shape index (κ1) is 15.0. The first-order valence-electron chi connectivity index (χ1n) is 5.97. The third-order valence-electron chi connectivity index (χ3n) is 2.73. The number of rotatable bonds is 5. The molecular weight excluding hydrogens is 288 g/mol. The molecule has 0 heterocycles. The first-order chi connectivity index (χ1) is 9.95. The summed E-state index contributed by atoms with van der Waals surface area (Å²) in [6.45, 7) is -2.98. The fourth-order valence-corrected chi connectivity index (χ4v) is 1.78. The molecule has 0 spiro atoms. The minimum Gasteiger partial charge on any atom is -0.435 e. The number of hydrogen-bond donors (Lipinski definition) is 0. The highest BCUT2D eigenvalue weighted by molar-refractivity contribution is 5.97. The number of alkyl halides is 2. The van der Waals surface area contributed by atoms with Gasteiger partial charge >= 0.3 is 6.61 Å². The van der Waals surface area contributed by atoms with Crippen LogP contribution in [0.1, 0.15) is 15.9 Å². The van der Waals surface area contributed by atoms with Crippen molar-refractivity contribution in [3.63, 3.8) is 0 Å². The minimum atomic E-state index is -2.98. The number of hydrogen-bond acceptors (Lipinski definition) is 2. The van der Waals surface area contributed by atoms with Gasteiger partial charge in [0.05, 0.1) is 0 Å². The van der Waals surface area contributed by atoms with E-state index in [4.69, 9.17) is 0 Å². The topological polar surface area (TPSA) is 26.3 Å². The van der Waals surface area contributed by atoms with E-state index in [9.17, 15) is 22.4 Å². The van der Waals surface area contributed by atoms with Gasteiger partial charge in [-0.05, 0) is 29.8 Å². The van der Waals surface area contributed by atoms with Gasteiger partial charge in [0, 0.05) is 12.0 Å². The summed E-state index contributed by atoms with van der Waals surface area (Å²) in [4.78, 5) is 12.0. The second-order valence-electron chi connectivity index (χ2n) is 4.25. The average Bonchev–Trinajstić information content (AvgIpc) is 2.42. The lowest BCUT2D eigenvalue weighted by Gasteiger charge is -2.06. The van der Waals surface area contributed by atoms with Crippen molar-refractivity contribution in [1.29, 1.82) is 0 Å². The van der Waals surface area contributed by atoms with E-state index in [2.05, 4.69) is 4.74 Å². The van der Waals surface area contributed by atoms with Gasteiger partial charge in [-0.2, -0.15) is 8.78 Å². The quantitative estimate of drug-likeness (QED) is 0.616. The average molecular weight is 298 g/mol. The lowest BCUT2D eigenvalue weighted by Crippen LogP contribution is -2.06. The minimum absolute atomic E-state index is 0.138. The van der Waals surface area contributed by atoms with Crippen molar-refractivity contribution >= 4 is 5.78 Å². The number of benzene rings is 2. The van der Waals surface area contributed by atoms with E-state index in [1.54, 1.807) is 0 Å². The monoisotopic (exact) mass is 298 g/mol. The van der Waals surface area contributed by atoms with Gasteiger partial charge in [-0.25, -0.2) is 8.78 Å². The maximum atomic E-state index is 13.0. The molecule has 0 amide bonds. The van der Waals surface area contributed by atoms with Crippen molar-refractivity contribution in [2.45, 2.75) is 13.0 Å². The van der Waals surface area contributed by atoms with Crippen LogP contribution in [0.2, 0.25) is 0 Å². The van der Waals surface area contributed by atoms with Crippen molar-refractivity contribution in [2.75, 3.05) is 0 Å². The Kier molecular flexibility index (Phi) is 4.57. The Balaban J connectivity index is 2.14. The van der Waals surface area contributed by atoms with E-state index in [0.29, 0.717) is 5.56 Å². The Morgan fingerprint density at radius 1 is 1.05 bits per heavy atom. The van der Waals surface area contributed by atoms with Crippen molar-refractivity contribution in [2.24, 2.45) is 0 Å². The standard InChI is InChI=1S/C15H10F4O2/c16-12-5-4-9(6-13(12)17)7-14(20)10-2-1-3-11(8-10)21-15(18)19/h1-6,8,15H,7H2. The number of carbonyl (C=O) groups excluding carboxylic acids is 1. The second-order valence-corrected chi connectivity index (χ2v) is 4.25. The van der Waals surface area contributed by atoms with Crippen LogP contribution in [-0.2, 0) is 6.42 Å². The predicted molar refractivity (Wildman–Crippen MR) is 67.5 cm³/mol. The molecule has 0 saturated heterocycles. The molecule has 0 aliphatic heterocycles. The summed E-state index contributed by atoms with van der Waals surface area (Å²) in [6, 6.07) is 8.43. The Morgan fingerprint density at radius 2 is 1.81 bits per heavy atom. The second kappa shape index (κ2) is 6.39. The highest BCUT2D eigenvalue weighted by Gasteiger charge is 2.11. The first-order valence-corrected chi connectivity index (χ1v) is 5.97. The molecule has 0 atom stereocenters. The molecule has 0 N–H and O–H groups in total. The Labute approximate surface area is 118 Å². The van der Waals surface area contributed by atoms with Gasteiger partial charge in [-0.3, -0.25) is 4.79 Å². The van der Waals surface area contributed by atoms with Gasteiger partial charge < -0.3 is 4.74 Å². The molecule has 0 saturated carbocycles. The Bertz CT molecular complexity index is 656. The van der Waals surface area contributed by atoms with E-state index in [1.165, 1.54) is 30.3 Å². The molecule has 2 aromatic rings. The van der Waals surface area contributed by atoms with Crippen molar-refractivity contribution in [3.8, 4) is 5.75 Å². The van der Waals surface area contributed by atoms with Gasteiger partial charge in [-0.1, -0.05) is 18.2 Å². The third kappa shape index (κ3) is 4.05. The molecule has 0 bridgehead atoms. The van der Waals surface area contributed by atoms with Crippen LogP contribution in [0.25, 0.3) is 0 Å². The molecule has 2 aromatic carbocycles. The highest BCUT2D eigenvalue weighted by atomic mass is 19.3. The van der Waals surface area contributed by atoms with E-state index in [-0.39, 0.29) is 17.7 Å². The molecular formula is C15H10F4O2. The van der Waals surface area contributed by atoms with E-state index >= 15 is 0 Å². The summed E-state index contributed by atoms with van der Waals surface area (Å²) in [5, 5.41) is 0. The molecule has 6 heteroatoms. The lowest BCUT2D eigenvalue weighted by molar-refractivity contribution is -0.0498. The van der Waals surface area contributed by atoms with Gasteiger partial charge in [0.15, 0.2) is 17.4 Å². The predicted octanol–water partition coefficient (Wildman–Crippen LogP) is 3.99. The van der Waals surface area contributed by atoms with Crippen LogP contribution in [0.4, 0.5) is 17.6 Å². The maximum absolute atomic E-state index is 13.0. The third-order valence-corrected chi connectivity index (χ3v) is 2.73. The van der Waals surface area contributed by atoms with Crippen molar-refractivity contribution in [3.05, 3.63) is 65.2 Å². The SMILES string of the molecule is O=C(Cc1ccc(F)c(F)c1)c1cccc(OC(F)F)c1. The molecule has 2 nitrogen and oxygen atoms in total. The fourth-order valence-electron chi connectivity index (χ4n) is 1.78. The molecule has 0 aliphatic rings. The molecule has 0 aliphatic carbocycles. The van der Waals surface area contributed by atoms with E-state index in [1.807, 2.05) is 0 Å². The summed E-state index contributed by atoms with van der Waals surface area (Å²) in [5.41, 5.74) is 0.442. The molecule has 110 valence electrons. The van der Waals surface area contributed by atoms with Crippen LogP contribution in [-0.4, -0.2) is 12.4 Å². The Morgan fingerprint density at radius 3 is 2.48 bits per heavy atom. The summed E-state index contributed by atoms with van der Waals surface area (Å²) in [5.74, 6) is -2.60. The van der Waals surface area contributed by atoms with Crippen molar-refractivity contribution in [1.82, 2.24) is 0 Å². The maximum Gasteiger partial charge on any atom is 0.387 e. The lowest BCUT2D eigenvalue weighted by atomic mass is 10.0. The van der Waals surface area contributed by atoms with Crippen LogP contribution in [0.5, 0.6) is 5.75 Å². The zero-order valence-corrected chi connectivity index (χ0v) is 10.7. The zero-order valence-electron chi connectivity index (χ0n) is 10.7. The summed E-state index contributed by atoms with van der Waals surface area (Å²) in [7, 11) is 0. The summed E-state index contributed by atoms with van der Waals surface area (Å²) < 4.78 is 54.2. The van der Waals surface area contributed by atoms with Crippen LogP contribution in [0.3, 0.4) is 0 Å². The van der Waals surface area contributed by atoms with Gasteiger partial charge in [0.2, 0.25) is 0 Å². The molecule has 0 fully saturated rings. The van der Waals surface area contributed by atoms with Crippen LogP contribution < -0.4 is 4.74 Å². The largest absolute Gasteiger partial charge is 0.435 e. The number of ether oxygens (including phenoxy) is 1. The smallest absolute Gasteiger partial charge is 0.387 e. The highest BCUT2D eigenvalue weighted by Crippen LogP contribution is 2.18. The normalized spacial score (nSPS) is 10.7. The number of halogens is 4. The number of carbonyl (C=O) groups is 1. The molecule has 0 aromatic heterocycles. The van der Waals surface area contributed by atoms with Gasteiger partial charge in [-0.15, -0.1) is 0 Å². The molecule has 2 rings (SSSR count). The van der Waals surface area contributed by atoms with E-state index < -0.39 is 24.0 Å². The summed E-state index contributed by atoms with van der Waals surface area (Å²) >= 11 is 0. The fraction of sp³-hybridized carbons (Fsp3) is 0.133. The van der Waals surface area contributed by atoms with Gasteiger partial charge in [0.1, 0.15) is 5.75 Å². The molecule has 0 unspecified atom stereocenters. The van der Waals surface area contributed by atoms with E-state index in [0.717, 1.165) is 12.1 Å². The van der Waals surface area contributed by atoms with Crippen LogP contribution >= 0.6 is 0 Å². The zero-order chi connectivity index (χ0) is 15.4. The molecule has 21 heavy (non-hydrogen) atoms. The Hall–Kier alpha value is -2.37.